The van der Waals surface area contributed by atoms with Gasteiger partial charge in [0.05, 0.1) is 0 Å². The molecule has 0 fully saturated rings. The first-order valence-corrected chi connectivity index (χ1v) is 7.07. The van der Waals surface area contributed by atoms with Crippen molar-refractivity contribution in [2.45, 2.75) is 6.92 Å². The van der Waals surface area contributed by atoms with Gasteiger partial charge in [0, 0.05) is 27.4 Å². The summed E-state index contributed by atoms with van der Waals surface area (Å²) in [5.41, 5.74) is 3.45. The molecule has 1 heterocycles. The van der Waals surface area contributed by atoms with Crippen LogP contribution in [0.5, 0.6) is 0 Å². The van der Waals surface area contributed by atoms with Crippen LogP contribution in [0.3, 0.4) is 0 Å². The molecule has 100 valence electrons. The summed E-state index contributed by atoms with van der Waals surface area (Å²) in [6.07, 6.45) is 1.87. The second-order valence-electron chi connectivity index (χ2n) is 4.69. The molecule has 4 heteroatoms. The number of halogens is 1. The molecule has 0 saturated carbocycles. The number of aryl methyl sites for hydroxylation is 1. The lowest BCUT2D eigenvalue weighted by atomic mass is 10.1. The van der Waals surface area contributed by atoms with E-state index >= 15 is 0 Å². The maximum Gasteiger partial charge on any atom is 0.255 e. The van der Waals surface area contributed by atoms with E-state index in [0.717, 1.165) is 26.6 Å². The standard InChI is InChI=1S/C16H13BrN2O/c1-10-2-5-13(17)9-14(10)19-16(20)12-4-3-11-6-7-18-15(11)8-12/h2-9,18H,1H3,(H,19,20). The predicted molar refractivity (Wildman–Crippen MR) is 85.1 cm³/mol. The van der Waals surface area contributed by atoms with E-state index in [1.807, 2.05) is 55.6 Å². The third-order valence-electron chi connectivity index (χ3n) is 3.27. The van der Waals surface area contributed by atoms with Crippen LogP contribution in [0, 0.1) is 6.92 Å². The summed E-state index contributed by atoms with van der Waals surface area (Å²) in [5, 5.41) is 4.04. The molecular formula is C16H13BrN2O. The molecule has 2 aromatic carbocycles. The van der Waals surface area contributed by atoms with Crippen LogP contribution in [0.1, 0.15) is 15.9 Å². The molecule has 0 aliphatic heterocycles. The van der Waals surface area contributed by atoms with Crippen LogP contribution in [-0.4, -0.2) is 10.9 Å². The van der Waals surface area contributed by atoms with Crippen molar-refractivity contribution in [1.82, 2.24) is 4.98 Å². The molecule has 20 heavy (non-hydrogen) atoms. The van der Waals surface area contributed by atoms with Crippen molar-refractivity contribution in [2.24, 2.45) is 0 Å². The lowest BCUT2D eigenvalue weighted by Crippen LogP contribution is -2.12. The lowest BCUT2D eigenvalue weighted by Gasteiger charge is -2.09. The van der Waals surface area contributed by atoms with E-state index in [0.29, 0.717) is 5.56 Å². The average Bonchev–Trinajstić information content (AvgIpc) is 2.90. The topological polar surface area (TPSA) is 44.9 Å². The second-order valence-corrected chi connectivity index (χ2v) is 5.61. The zero-order valence-corrected chi connectivity index (χ0v) is 12.5. The van der Waals surface area contributed by atoms with Crippen molar-refractivity contribution in [3.05, 3.63) is 64.3 Å². The van der Waals surface area contributed by atoms with Crippen LogP contribution in [-0.2, 0) is 0 Å². The van der Waals surface area contributed by atoms with Crippen molar-refractivity contribution in [1.29, 1.82) is 0 Å². The summed E-state index contributed by atoms with van der Waals surface area (Å²) >= 11 is 3.41. The van der Waals surface area contributed by atoms with Gasteiger partial charge >= 0.3 is 0 Å². The lowest BCUT2D eigenvalue weighted by molar-refractivity contribution is 0.102. The van der Waals surface area contributed by atoms with Gasteiger partial charge in [0.25, 0.3) is 5.91 Å². The summed E-state index contributed by atoms with van der Waals surface area (Å²) in [6.45, 7) is 1.97. The minimum atomic E-state index is -0.109. The number of H-pyrrole nitrogens is 1. The molecular weight excluding hydrogens is 316 g/mol. The SMILES string of the molecule is Cc1ccc(Br)cc1NC(=O)c1ccc2cc[nH]c2c1. The van der Waals surface area contributed by atoms with Gasteiger partial charge < -0.3 is 10.3 Å². The number of hydrogen-bond donors (Lipinski definition) is 2. The Balaban J connectivity index is 1.90. The minimum absolute atomic E-state index is 0.109. The number of benzene rings is 2. The quantitative estimate of drug-likeness (QED) is 0.715. The number of rotatable bonds is 2. The van der Waals surface area contributed by atoms with Gasteiger partial charge in [-0.05, 0) is 48.2 Å². The van der Waals surface area contributed by atoms with Gasteiger partial charge in [-0.15, -0.1) is 0 Å². The van der Waals surface area contributed by atoms with E-state index in [4.69, 9.17) is 0 Å². The van der Waals surface area contributed by atoms with Gasteiger partial charge in [0.2, 0.25) is 0 Å². The Morgan fingerprint density at radius 2 is 2.00 bits per heavy atom. The molecule has 0 bridgehead atoms. The molecule has 0 aliphatic rings. The van der Waals surface area contributed by atoms with E-state index in [1.54, 1.807) is 0 Å². The number of anilines is 1. The monoisotopic (exact) mass is 328 g/mol. The molecule has 0 radical (unpaired) electrons. The number of carbonyl (C=O) groups excluding carboxylic acids is 1. The van der Waals surface area contributed by atoms with Crippen LogP contribution >= 0.6 is 15.9 Å². The molecule has 3 rings (SSSR count). The van der Waals surface area contributed by atoms with E-state index in [1.165, 1.54) is 0 Å². The van der Waals surface area contributed by atoms with Gasteiger partial charge in [0.15, 0.2) is 0 Å². The highest BCUT2D eigenvalue weighted by Gasteiger charge is 2.09. The van der Waals surface area contributed by atoms with E-state index in [2.05, 4.69) is 26.2 Å². The van der Waals surface area contributed by atoms with Gasteiger partial charge in [-0.2, -0.15) is 0 Å². The third kappa shape index (κ3) is 2.47. The fourth-order valence-electron chi connectivity index (χ4n) is 2.11. The number of nitrogens with one attached hydrogen (secondary N) is 2. The Morgan fingerprint density at radius 3 is 2.85 bits per heavy atom. The van der Waals surface area contributed by atoms with Crippen molar-refractivity contribution in [3.8, 4) is 0 Å². The van der Waals surface area contributed by atoms with Crippen LogP contribution in [0.2, 0.25) is 0 Å². The average molecular weight is 329 g/mol. The molecule has 1 amide bonds. The van der Waals surface area contributed by atoms with E-state index in [9.17, 15) is 4.79 Å². The highest BCUT2D eigenvalue weighted by Crippen LogP contribution is 2.22. The van der Waals surface area contributed by atoms with Gasteiger partial charge in [0.1, 0.15) is 0 Å². The largest absolute Gasteiger partial charge is 0.361 e. The molecule has 3 nitrogen and oxygen atoms in total. The first-order chi connectivity index (χ1) is 9.63. The molecule has 0 saturated heterocycles. The number of amides is 1. The molecule has 0 aliphatic carbocycles. The summed E-state index contributed by atoms with van der Waals surface area (Å²) in [7, 11) is 0. The van der Waals surface area contributed by atoms with E-state index in [-0.39, 0.29) is 5.91 Å². The molecule has 1 aromatic heterocycles. The van der Waals surface area contributed by atoms with Crippen LogP contribution in [0.25, 0.3) is 10.9 Å². The van der Waals surface area contributed by atoms with Crippen molar-refractivity contribution in [3.63, 3.8) is 0 Å². The van der Waals surface area contributed by atoms with Crippen LogP contribution in [0.15, 0.2) is 53.1 Å². The number of carbonyl (C=O) groups is 1. The maximum absolute atomic E-state index is 12.3. The maximum atomic E-state index is 12.3. The van der Waals surface area contributed by atoms with Gasteiger partial charge in [-0.1, -0.05) is 28.1 Å². The Bertz CT molecular complexity index is 792. The molecule has 3 aromatic rings. The second kappa shape index (κ2) is 5.13. The first kappa shape index (κ1) is 12.9. The zero-order valence-electron chi connectivity index (χ0n) is 10.9. The van der Waals surface area contributed by atoms with Crippen LogP contribution in [0.4, 0.5) is 5.69 Å². The summed E-state index contributed by atoms with van der Waals surface area (Å²) < 4.78 is 0.943. The first-order valence-electron chi connectivity index (χ1n) is 6.28. The predicted octanol–water partition coefficient (Wildman–Crippen LogP) is 4.49. The molecule has 0 atom stereocenters. The van der Waals surface area contributed by atoms with Crippen LogP contribution < -0.4 is 5.32 Å². The third-order valence-corrected chi connectivity index (χ3v) is 3.76. The zero-order chi connectivity index (χ0) is 14.1. The molecule has 2 N–H and O–H groups in total. The van der Waals surface area contributed by atoms with Crippen molar-refractivity contribution >= 4 is 38.4 Å². The highest BCUT2D eigenvalue weighted by molar-refractivity contribution is 9.10. The van der Waals surface area contributed by atoms with Gasteiger partial charge in [-0.3, -0.25) is 4.79 Å². The normalized spacial score (nSPS) is 10.7. The van der Waals surface area contributed by atoms with Crippen molar-refractivity contribution < 1.29 is 4.79 Å². The fraction of sp³-hybridized carbons (Fsp3) is 0.0625. The molecule has 0 unspecified atom stereocenters. The highest BCUT2D eigenvalue weighted by atomic mass is 79.9. The number of aromatic amines is 1. The Kier molecular flexibility index (Phi) is 3.32. The number of aromatic nitrogens is 1. The Labute approximate surface area is 125 Å². The summed E-state index contributed by atoms with van der Waals surface area (Å²) in [5.74, 6) is -0.109. The smallest absolute Gasteiger partial charge is 0.255 e. The number of fused-ring (bicyclic) bond motifs is 1. The van der Waals surface area contributed by atoms with E-state index < -0.39 is 0 Å². The van der Waals surface area contributed by atoms with Crippen molar-refractivity contribution in [2.75, 3.05) is 5.32 Å². The Morgan fingerprint density at radius 1 is 1.15 bits per heavy atom. The molecule has 0 spiro atoms. The Hall–Kier alpha value is -2.07. The fourth-order valence-corrected chi connectivity index (χ4v) is 2.47. The number of hydrogen-bond acceptors (Lipinski definition) is 1. The van der Waals surface area contributed by atoms with Gasteiger partial charge in [-0.25, -0.2) is 0 Å². The summed E-state index contributed by atoms with van der Waals surface area (Å²) in [6, 6.07) is 13.4. The minimum Gasteiger partial charge on any atom is -0.361 e. The summed E-state index contributed by atoms with van der Waals surface area (Å²) in [4.78, 5) is 15.4.